The van der Waals surface area contributed by atoms with Crippen molar-refractivity contribution < 1.29 is 9.90 Å². The van der Waals surface area contributed by atoms with Gasteiger partial charge < -0.3 is 16.2 Å². The molecule has 1 aromatic rings. The van der Waals surface area contributed by atoms with Gasteiger partial charge in [0, 0.05) is 18.3 Å². The molecule has 4 N–H and O–H groups in total. The summed E-state index contributed by atoms with van der Waals surface area (Å²) in [5.41, 5.74) is 7.20. The third-order valence-corrected chi connectivity index (χ3v) is 3.20. The molecule has 0 aromatic heterocycles. The molecule has 0 aliphatic heterocycles. The highest BCUT2D eigenvalue weighted by molar-refractivity contribution is 5.80. The molecule has 1 atom stereocenters. The van der Waals surface area contributed by atoms with Gasteiger partial charge >= 0.3 is 0 Å². The fraction of sp³-hybridized carbons (Fsp3) is 0.533. The minimum absolute atomic E-state index is 0.0464. The minimum atomic E-state index is -0.0827. The molecule has 0 saturated heterocycles. The molecule has 19 heavy (non-hydrogen) atoms. The Kier molecular flexibility index (Phi) is 5.36. The molecule has 1 unspecified atom stereocenters. The maximum absolute atomic E-state index is 12.0. The van der Waals surface area contributed by atoms with Gasteiger partial charge in [0.25, 0.3) is 0 Å². The number of para-hydroxylation sites is 1. The molecule has 106 valence electrons. The molecule has 0 saturated carbocycles. The summed E-state index contributed by atoms with van der Waals surface area (Å²) in [6.07, 6.45) is 0.824. The zero-order chi connectivity index (χ0) is 14.5. The summed E-state index contributed by atoms with van der Waals surface area (Å²) >= 11 is 0. The van der Waals surface area contributed by atoms with Gasteiger partial charge in [0.2, 0.25) is 5.91 Å². The number of carbonyl (C=O) groups is 1. The Morgan fingerprint density at radius 2 is 2.00 bits per heavy atom. The largest absolute Gasteiger partial charge is 0.398 e. The Morgan fingerprint density at radius 1 is 1.37 bits per heavy atom. The Hall–Kier alpha value is -1.55. The molecule has 0 aliphatic rings. The molecule has 1 aromatic carbocycles. The monoisotopic (exact) mass is 264 g/mol. The molecule has 0 aliphatic carbocycles. The number of carbonyl (C=O) groups excluding carboxylic acids is 1. The zero-order valence-electron chi connectivity index (χ0n) is 11.9. The molecule has 0 heterocycles. The van der Waals surface area contributed by atoms with Gasteiger partial charge in [-0.3, -0.25) is 4.79 Å². The summed E-state index contributed by atoms with van der Waals surface area (Å²) in [6, 6.07) is 7.31. The molecule has 0 spiro atoms. The van der Waals surface area contributed by atoms with E-state index in [-0.39, 0.29) is 30.4 Å². The quantitative estimate of drug-likeness (QED) is 0.709. The lowest BCUT2D eigenvalue weighted by atomic mass is 9.85. The fourth-order valence-electron chi connectivity index (χ4n) is 1.96. The van der Waals surface area contributed by atoms with Crippen LogP contribution in [0.1, 0.15) is 32.8 Å². The summed E-state index contributed by atoms with van der Waals surface area (Å²) in [5.74, 6) is -0.0636. The van der Waals surface area contributed by atoms with E-state index < -0.39 is 0 Å². The molecular weight excluding hydrogens is 240 g/mol. The predicted octanol–water partition coefficient (Wildman–Crippen LogP) is 1.72. The number of benzene rings is 1. The van der Waals surface area contributed by atoms with Gasteiger partial charge in [0.15, 0.2) is 0 Å². The normalized spacial score (nSPS) is 13.1. The molecule has 1 rings (SSSR count). The maximum atomic E-state index is 12.0. The summed E-state index contributed by atoms with van der Waals surface area (Å²) < 4.78 is 0. The number of nitrogens with two attached hydrogens (primary N) is 1. The van der Waals surface area contributed by atoms with Crippen molar-refractivity contribution in [2.45, 2.75) is 39.7 Å². The highest BCUT2D eigenvalue weighted by atomic mass is 16.3. The lowest BCUT2D eigenvalue weighted by molar-refractivity contribution is -0.122. The standard InChI is InChI=1S/C15H24N2O2/c1-15(2,3)13(8-9-18)17-14(19)10-11-6-4-5-7-12(11)16/h4-7,13,18H,8-10,16H2,1-3H3,(H,17,19). The van der Waals surface area contributed by atoms with E-state index in [4.69, 9.17) is 10.8 Å². The number of amides is 1. The second-order valence-electron chi connectivity index (χ2n) is 5.87. The molecule has 0 fully saturated rings. The number of rotatable bonds is 5. The van der Waals surface area contributed by atoms with Crippen LogP contribution in [0.15, 0.2) is 24.3 Å². The van der Waals surface area contributed by atoms with Crippen molar-refractivity contribution in [3.05, 3.63) is 29.8 Å². The van der Waals surface area contributed by atoms with Gasteiger partial charge in [0.1, 0.15) is 0 Å². The van der Waals surface area contributed by atoms with Gasteiger partial charge in [-0.05, 0) is 23.5 Å². The lowest BCUT2D eigenvalue weighted by Gasteiger charge is -2.31. The topological polar surface area (TPSA) is 75.3 Å². The highest BCUT2D eigenvalue weighted by Crippen LogP contribution is 2.22. The van der Waals surface area contributed by atoms with Crippen LogP contribution in [0, 0.1) is 5.41 Å². The van der Waals surface area contributed by atoms with Crippen LogP contribution in [0.2, 0.25) is 0 Å². The van der Waals surface area contributed by atoms with E-state index in [2.05, 4.69) is 5.32 Å². The third-order valence-electron chi connectivity index (χ3n) is 3.20. The average molecular weight is 264 g/mol. The van der Waals surface area contributed by atoms with Crippen LogP contribution in [0.3, 0.4) is 0 Å². The van der Waals surface area contributed by atoms with Crippen LogP contribution in [-0.2, 0) is 11.2 Å². The molecule has 4 heteroatoms. The Bertz CT molecular complexity index is 424. The second-order valence-corrected chi connectivity index (χ2v) is 5.87. The van der Waals surface area contributed by atoms with E-state index >= 15 is 0 Å². The predicted molar refractivity (Wildman–Crippen MR) is 77.6 cm³/mol. The first-order valence-corrected chi connectivity index (χ1v) is 6.58. The Labute approximate surface area is 115 Å². The van der Waals surface area contributed by atoms with Crippen molar-refractivity contribution >= 4 is 11.6 Å². The number of nitrogens with one attached hydrogen (secondary N) is 1. The number of aliphatic hydroxyl groups excluding tert-OH is 1. The van der Waals surface area contributed by atoms with Crippen LogP contribution < -0.4 is 11.1 Å². The molecule has 1 amide bonds. The highest BCUT2D eigenvalue weighted by Gasteiger charge is 2.25. The van der Waals surface area contributed by atoms with Crippen molar-refractivity contribution in [3.63, 3.8) is 0 Å². The summed E-state index contributed by atoms with van der Waals surface area (Å²) in [6.45, 7) is 6.20. The Balaban J connectivity index is 2.66. The van der Waals surface area contributed by atoms with Crippen LogP contribution in [0.5, 0.6) is 0 Å². The van der Waals surface area contributed by atoms with E-state index in [1.807, 2.05) is 39.0 Å². The van der Waals surface area contributed by atoms with Gasteiger partial charge in [-0.15, -0.1) is 0 Å². The van der Waals surface area contributed by atoms with Gasteiger partial charge in [0.05, 0.1) is 6.42 Å². The van der Waals surface area contributed by atoms with Crippen LogP contribution >= 0.6 is 0 Å². The Morgan fingerprint density at radius 3 is 2.53 bits per heavy atom. The number of hydrogen-bond acceptors (Lipinski definition) is 3. The van der Waals surface area contributed by atoms with E-state index in [0.717, 1.165) is 5.56 Å². The van der Waals surface area contributed by atoms with Crippen LogP contribution in [-0.4, -0.2) is 23.7 Å². The zero-order valence-corrected chi connectivity index (χ0v) is 11.9. The first-order valence-electron chi connectivity index (χ1n) is 6.58. The summed E-state index contributed by atoms with van der Waals surface area (Å²) in [5, 5.41) is 12.1. The van der Waals surface area contributed by atoms with Crippen LogP contribution in [0.25, 0.3) is 0 Å². The first-order chi connectivity index (χ1) is 8.84. The first kappa shape index (κ1) is 15.5. The van der Waals surface area contributed by atoms with Gasteiger partial charge in [-0.2, -0.15) is 0 Å². The van der Waals surface area contributed by atoms with E-state index in [1.165, 1.54) is 0 Å². The lowest BCUT2D eigenvalue weighted by Crippen LogP contribution is -2.44. The van der Waals surface area contributed by atoms with Crippen LogP contribution in [0.4, 0.5) is 5.69 Å². The maximum Gasteiger partial charge on any atom is 0.224 e. The van der Waals surface area contributed by atoms with Crippen molar-refractivity contribution in [1.29, 1.82) is 0 Å². The third kappa shape index (κ3) is 4.91. The molecule has 0 radical (unpaired) electrons. The second kappa shape index (κ2) is 6.57. The molecular formula is C15H24N2O2. The van der Waals surface area contributed by atoms with Gasteiger partial charge in [-0.25, -0.2) is 0 Å². The van der Waals surface area contributed by atoms with E-state index in [9.17, 15) is 4.79 Å². The van der Waals surface area contributed by atoms with Gasteiger partial charge in [-0.1, -0.05) is 39.0 Å². The average Bonchev–Trinajstić information content (AvgIpc) is 2.30. The fourth-order valence-corrected chi connectivity index (χ4v) is 1.96. The van der Waals surface area contributed by atoms with Crippen molar-refractivity contribution in [2.24, 2.45) is 5.41 Å². The van der Waals surface area contributed by atoms with E-state index in [1.54, 1.807) is 6.07 Å². The summed E-state index contributed by atoms with van der Waals surface area (Å²) in [4.78, 5) is 12.0. The number of nitrogen functional groups attached to an aromatic ring is 1. The SMILES string of the molecule is CC(C)(C)C(CCO)NC(=O)Cc1ccccc1N. The van der Waals surface area contributed by atoms with Crippen molar-refractivity contribution in [1.82, 2.24) is 5.32 Å². The van der Waals surface area contributed by atoms with E-state index in [0.29, 0.717) is 12.1 Å². The molecule has 4 nitrogen and oxygen atoms in total. The number of hydrogen-bond donors (Lipinski definition) is 3. The van der Waals surface area contributed by atoms with Crippen molar-refractivity contribution in [2.75, 3.05) is 12.3 Å². The number of aliphatic hydroxyl groups is 1. The smallest absolute Gasteiger partial charge is 0.224 e. The number of anilines is 1. The van der Waals surface area contributed by atoms with Crippen molar-refractivity contribution in [3.8, 4) is 0 Å². The minimum Gasteiger partial charge on any atom is -0.398 e. The molecule has 0 bridgehead atoms. The summed E-state index contributed by atoms with van der Waals surface area (Å²) in [7, 11) is 0.